The summed E-state index contributed by atoms with van der Waals surface area (Å²) >= 11 is 0. The van der Waals surface area contributed by atoms with Gasteiger partial charge in [-0.15, -0.1) is 0 Å². The summed E-state index contributed by atoms with van der Waals surface area (Å²) in [6.45, 7) is 0. The number of hydrogen-bond donors (Lipinski definition) is 0. The quantitative estimate of drug-likeness (QED) is 0.707. The van der Waals surface area contributed by atoms with Crippen molar-refractivity contribution in [1.82, 2.24) is 0 Å². The number of sulfonamides is 2. The molecule has 10 heteroatoms. The van der Waals surface area contributed by atoms with Crippen molar-refractivity contribution in [3.05, 3.63) is 23.8 Å². The number of esters is 1. The van der Waals surface area contributed by atoms with Crippen molar-refractivity contribution in [1.29, 1.82) is 0 Å². The van der Waals surface area contributed by atoms with E-state index >= 15 is 0 Å². The molecule has 0 aliphatic rings. The Kier molecular flexibility index (Phi) is 4.84. The van der Waals surface area contributed by atoms with E-state index in [1.165, 1.54) is 19.2 Å². The topological polar surface area (TPSA) is 107 Å². The van der Waals surface area contributed by atoms with Crippen molar-refractivity contribution in [2.45, 2.75) is 0 Å². The van der Waals surface area contributed by atoms with Crippen LogP contribution in [0.3, 0.4) is 0 Å². The molecule has 8 nitrogen and oxygen atoms in total. The summed E-state index contributed by atoms with van der Waals surface area (Å²) in [5, 5.41) is 0. The normalized spacial score (nSPS) is 11.8. The Labute approximate surface area is 123 Å². The lowest BCUT2D eigenvalue weighted by molar-refractivity contribution is 0.0597. The van der Waals surface area contributed by atoms with E-state index in [0.29, 0.717) is 0 Å². The monoisotopic (exact) mass is 337 g/mol. The molecule has 1 aromatic carbocycles. The first kappa shape index (κ1) is 17.2. The smallest absolute Gasteiger partial charge is 0.341 e. The highest BCUT2D eigenvalue weighted by molar-refractivity contribution is 8.09. The van der Waals surface area contributed by atoms with Crippen molar-refractivity contribution in [2.24, 2.45) is 0 Å². The number of ether oxygens (including phenoxy) is 2. The summed E-state index contributed by atoms with van der Waals surface area (Å²) in [6.07, 6.45) is 1.49. The molecule has 1 rings (SSSR count). The van der Waals surface area contributed by atoms with Crippen molar-refractivity contribution >= 4 is 31.7 Å². The second-order valence-corrected chi connectivity index (χ2v) is 7.99. The van der Waals surface area contributed by atoms with Crippen LogP contribution >= 0.6 is 0 Å². The fraction of sp³-hybridized carbons (Fsp3) is 0.364. The van der Waals surface area contributed by atoms with Crippen LogP contribution in [0.15, 0.2) is 18.2 Å². The first-order valence-electron chi connectivity index (χ1n) is 5.49. The average molecular weight is 337 g/mol. The number of carbonyl (C=O) groups is 1. The zero-order valence-corrected chi connectivity index (χ0v) is 13.5. The number of nitrogens with zero attached hydrogens (tertiary/aromatic N) is 1. The van der Waals surface area contributed by atoms with E-state index < -0.39 is 26.0 Å². The van der Waals surface area contributed by atoms with Crippen LogP contribution in [0, 0.1) is 0 Å². The van der Waals surface area contributed by atoms with Gasteiger partial charge in [0.15, 0.2) is 0 Å². The molecule has 21 heavy (non-hydrogen) atoms. The van der Waals surface area contributed by atoms with Crippen molar-refractivity contribution in [2.75, 3.05) is 30.4 Å². The van der Waals surface area contributed by atoms with Crippen LogP contribution in [0.2, 0.25) is 0 Å². The van der Waals surface area contributed by atoms with Gasteiger partial charge in [-0.25, -0.2) is 21.6 Å². The zero-order valence-electron chi connectivity index (χ0n) is 11.9. The summed E-state index contributed by atoms with van der Waals surface area (Å²) in [5.41, 5.74) is -0.295. The lowest BCUT2D eigenvalue weighted by Gasteiger charge is -2.20. The lowest BCUT2D eigenvalue weighted by Crippen LogP contribution is -2.35. The number of benzene rings is 1. The van der Waals surface area contributed by atoms with E-state index in [4.69, 9.17) is 4.74 Å². The van der Waals surface area contributed by atoms with Gasteiger partial charge in [-0.1, -0.05) is 0 Å². The van der Waals surface area contributed by atoms with Crippen molar-refractivity contribution in [3.8, 4) is 5.75 Å². The number of anilines is 1. The molecule has 0 bridgehead atoms. The summed E-state index contributed by atoms with van der Waals surface area (Å²) in [4.78, 5) is 11.6. The van der Waals surface area contributed by atoms with Crippen LogP contribution in [0.1, 0.15) is 10.4 Å². The van der Waals surface area contributed by atoms with Crippen molar-refractivity contribution < 1.29 is 31.1 Å². The molecule has 0 unspecified atom stereocenters. The SMILES string of the molecule is COC(=O)c1cc(N(S(C)(=O)=O)S(C)(=O)=O)ccc1OC. The Bertz CT molecular complexity index is 721. The third kappa shape index (κ3) is 3.85. The van der Waals surface area contributed by atoms with Gasteiger partial charge in [0.25, 0.3) is 0 Å². The summed E-state index contributed by atoms with van der Waals surface area (Å²) in [7, 11) is -5.73. The van der Waals surface area contributed by atoms with Crippen LogP contribution in [-0.4, -0.2) is 49.5 Å². The molecule has 0 atom stereocenters. The van der Waals surface area contributed by atoms with Gasteiger partial charge in [-0.05, 0) is 18.2 Å². The van der Waals surface area contributed by atoms with Gasteiger partial charge in [0.1, 0.15) is 11.3 Å². The van der Waals surface area contributed by atoms with Crippen LogP contribution < -0.4 is 8.45 Å². The minimum Gasteiger partial charge on any atom is -0.496 e. The van der Waals surface area contributed by atoms with Gasteiger partial charge in [0.05, 0.1) is 32.4 Å². The Morgan fingerprint density at radius 2 is 1.57 bits per heavy atom. The predicted molar refractivity (Wildman–Crippen MR) is 76.5 cm³/mol. The molecule has 0 aromatic heterocycles. The maximum absolute atomic E-state index is 11.7. The largest absolute Gasteiger partial charge is 0.496 e. The molecule has 0 heterocycles. The second-order valence-electron chi connectivity index (χ2n) is 4.10. The number of carbonyl (C=O) groups excluding carboxylic acids is 1. The van der Waals surface area contributed by atoms with Gasteiger partial charge >= 0.3 is 5.97 Å². The van der Waals surface area contributed by atoms with E-state index in [0.717, 1.165) is 25.7 Å². The first-order valence-corrected chi connectivity index (χ1v) is 9.19. The lowest BCUT2D eigenvalue weighted by atomic mass is 10.2. The molecule has 0 N–H and O–H groups in total. The number of rotatable bonds is 5. The zero-order chi connectivity index (χ0) is 16.4. The van der Waals surface area contributed by atoms with Crippen LogP contribution in [-0.2, 0) is 24.8 Å². The van der Waals surface area contributed by atoms with E-state index in [-0.39, 0.29) is 20.7 Å². The summed E-state index contributed by atoms with van der Waals surface area (Å²) in [6, 6.07) is 3.57. The minimum atomic E-state index is -4.09. The van der Waals surface area contributed by atoms with Crippen LogP contribution in [0.4, 0.5) is 5.69 Å². The molecule has 0 aliphatic carbocycles. The fourth-order valence-corrected chi connectivity index (χ4v) is 4.67. The molecule has 0 aliphatic heterocycles. The Morgan fingerprint density at radius 3 is 1.95 bits per heavy atom. The molecule has 0 saturated carbocycles. The van der Waals surface area contributed by atoms with Crippen molar-refractivity contribution in [3.63, 3.8) is 0 Å². The van der Waals surface area contributed by atoms with Crippen LogP contribution in [0.25, 0.3) is 0 Å². The maximum Gasteiger partial charge on any atom is 0.341 e. The molecule has 1 aromatic rings. The molecule has 118 valence electrons. The molecular formula is C11H15NO7S2. The van der Waals surface area contributed by atoms with E-state index in [1.807, 2.05) is 0 Å². The van der Waals surface area contributed by atoms with Gasteiger partial charge in [-0.3, -0.25) is 0 Å². The maximum atomic E-state index is 11.7. The van der Waals surface area contributed by atoms with Gasteiger partial charge in [-0.2, -0.15) is 3.71 Å². The highest BCUT2D eigenvalue weighted by Crippen LogP contribution is 2.28. The first-order chi connectivity index (χ1) is 9.52. The molecule has 0 saturated heterocycles. The highest BCUT2D eigenvalue weighted by Gasteiger charge is 2.28. The third-order valence-electron chi connectivity index (χ3n) is 2.40. The Hall–Kier alpha value is -1.81. The Balaban J connectivity index is 3.60. The standard InChI is InChI=1S/C11H15NO7S2/c1-18-10-6-5-8(7-9(10)11(13)19-2)12(20(3,14)15)21(4,16)17/h5-7H,1-4H3. The van der Waals surface area contributed by atoms with E-state index in [1.54, 1.807) is 0 Å². The van der Waals surface area contributed by atoms with Gasteiger partial charge in [0.2, 0.25) is 20.0 Å². The number of hydrogen-bond acceptors (Lipinski definition) is 7. The number of methoxy groups -OCH3 is 2. The molecule has 0 radical (unpaired) electrons. The molecular weight excluding hydrogens is 322 g/mol. The average Bonchev–Trinajstić information content (AvgIpc) is 2.34. The van der Waals surface area contributed by atoms with Crippen LogP contribution in [0.5, 0.6) is 5.75 Å². The molecule has 0 spiro atoms. The molecule has 0 amide bonds. The minimum absolute atomic E-state index is 0.0881. The Morgan fingerprint density at radius 1 is 1.05 bits per heavy atom. The summed E-state index contributed by atoms with van der Waals surface area (Å²) in [5.74, 6) is -0.650. The fourth-order valence-electron chi connectivity index (χ4n) is 1.71. The van der Waals surface area contributed by atoms with Gasteiger partial charge in [0, 0.05) is 0 Å². The molecule has 0 fully saturated rings. The third-order valence-corrected chi connectivity index (χ3v) is 5.65. The summed E-state index contributed by atoms with van der Waals surface area (Å²) < 4.78 is 56.5. The second kappa shape index (κ2) is 5.90. The predicted octanol–water partition coefficient (Wildman–Crippen LogP) is 0.207. The van der Waals surface area contributed by atoms with E-state index in [2.05, 4.69) is 4.74 Å². The van der Waals surface area contributed by atoms with E-state index in [9.17, 15) is 21.6 Å². The highest BCUT2D eigenvalue weighted by atomic mass is 32.3. The van der Waals surface area contributed by atoms with Gasteiger partial charge < -0.3 is 9.47 Å².